The molecule has 2 aliphatic heterocycles. The van der Waals surface area contributed by atoms with Crippen LogP contribution in [-0.2, 0) is 24.4 Å². The van der Waals surface area contributed by atoms with Crippen LogP contribution in [0.5, 0.6) is 0 Å². The minimum absolute atomic E-state index is 0.0118. The second-order valence-corrected chi connectivity index (χ2v) is 9.79. The first kappa shape index (κ1) is 24.0. The van der Waals surface area contributed by atoms with Crippen LogP contribution in [0.3, 0.4) is 0 Å². The average molecular weight is 493 g/mol. The normalized spacial score (nSPS) is 19.7. The number of ether oxygens (including phenoxy) is 1. The van der Waals surface area contributed by atoms with E-state index in [1.54, 1.807) is 29.2 Å². The monoisotopic (exact) mass is 492 g/mol. The summed E-state index contributed by atoms with van der Waals surface area (Å²) in [6.45, 7) is 2.19. The van der Waals surface area contributed by atoms with Gasteiger partial charge in [-0.3, -0.25) is 9.74 Å². The van der Waals surface area contributed by atoms with Crippen LogP contribution < -0.4 is 9.80 Å². The molecule has 4 rings (SSSR count). The number of cyclic esters (lactones) is 1. The summed E-state index contributed by atoms with van der Waals surface area (Å²) in [7, 11) is -3.94. The van der Waals surface area contributed by atoms with Gasteiger partial charge in [-0.2, -0.15) is 0 Å². The van der Waals surface area contributed by atoms with Crippen LogP contribution in [0.15, 0.2) is 47.6 Å². The van der Waals surface area contributed by atoms with E-state index < -0.39 is 28.0 Å². The van der Waals surface area contributed by atoms with E-state index in [-0.39, 0.29) is 49.3 Å². The van der Waals surface area contributed by atoms with Crippen LogP contribution in [0.4, 0.5) is 20.6 Å². The fourth-order valence-corrected chi connectivity index (χ4v) is 5.02. The predicted molar refractivity (Wildman–Crippen MR) is 120 cm³/mol. The Hall–Kier alpha value is -3.09. The molecule has 0 radical (unpaired) electrons. The summed E-state index contributed by atoms with van der Waals surface area (Å²) in [5, 5.41) is -0.127. The maximum atomic E-state index is 15.0. The average Bonchev–Trinajstić information content (AvgIpc) is 3.02. The van der Waals surface area contributed by atoms with Gasteiger partial charge in [0, 0.05) is 25.7 Å². The van der Waals surface area contributed by atoms with Crippen LogP contribution >= 0.6 is 0 Å². The molecule has 0 bridgehead atoms. The highest BCUT2D eigenvalue weighted by molar-refractivity contribution is 7.88. The molecule has 1 atom stereocenters. The summed E-state index contributed by atoms with van der Waals surface area (Å²) in [4.78, 5) is 35.7. The first-order valence-electron chi connectivity index (χ1n) is 10.8. The van der Waals surface area contributed by atoms with E-state index in [1.165, 1.54) is 30.2 Å². The first-order chi connectivity index (χ1) is 16.3. The minimum atomic E-state index is -3.94. The summed E-state index contributed by atoms with van der Waals surface area (Å²) in [6.07, 6.45) is 1.11. The molecule has 12 heteroatoms. The number of hydroxylamine groups is 1. The highest BCUT2D eigenvalue weighted by Crippen LogP contribution is 2.29. The third-order valence-corrected chi connectivity index (χ3v) is 7.19. The van der Waals surface area contributed by atoms with Gasteiger partial charge in [-0.05, 0) is 43.7 Å². The van der Waals surface area contributed by atoms with Crippen LogP contribution in [0.25, 0.3) is 0 Å². The Morgan fingerprint density at radius 3 is 2.74 bits per heavy atom. The van der Waals surface area contributed by atoms with E-state index in [9.17, 15) is 18.0 Å². The van der Waals surface area contributed by atoms with Gasteiger partial charge < -0.3 is 14.4 Å². The van der Waals surface area contributed by atoms with Crippen molar-refractivity contribution >= 4 is 33.3 Å². The molecule has 3 heterocycles. The molecular formula is C22H25FN4O6S. The number of hydrogen-bond donors (Lipinski definition) is 0. The molecule has 1 aromatic carbocycles. The largest absolute Gasteiger partial charge is 0.444 e. The van der Waals surface area contributed by atoms with Crippen molar-refractivity contribution in [1.82, 2.24) is 9.45 Å². The molecule has 2 aromatic rings. The molecule has 1 amide bonds. The van der Waals surface area contributed by atoms with E-state index in [1.807, 2.05) is 0 Å². The molecule has 182 valence electrons. The lowest BCUT2D eigenvalue weighted by molar-refractivity contribution is -0.117. The molecule has 0 N–H and O–H groups in total. The van der Waals surface area contributed by atoms with Crippen molar-refractivity contribution in [3.8, 4) is 0 Å². The van der Waals surface area contributed by atoms with Crippen LogP contribution in [-0.4, -0.2) is 68.6 Å². The Kier molecular flexibility index (Phi) is 7.10. The highest BCUT2D eigenvalue weighted by Gasteiger charge is 2.33. The quantitative estimate of drug-likeness (QED) is 0.580. The number of sulfonamides is 1. The zero-order chi connectivity index (χ0) is 24.3. The number of anilines is 2. The number of hydrogen-bond acceptors (Lipinski definition) is 8. The number of pyridine rings is 1. The standard InChI is InChI=1S/C22H25FN4O6S/c1-16(28)5-7-18-15-26(22(29)33-18)17-6-8-20(19(23)14-17)25-10-11-27(32-13-12-25)34(30,31)21-4-2-3-9-24-21/h2-4,6,8-9,14,18H,5,7,10-13,15H2,1H3/t18-/m0/s1. The van der Waals surface area contributed by atoms with Gasteiger partial charge in [0.1, 0.15) is 17.7 Å². The smallest absolute Gasteiger partial charge is 0.414 e. The molecule has 2 aliphatic rings. The van der Waals surface area contributed by atoms with Gasteiger partial charge in [-0.1, -0.05) is 10.5 Å². The van der Waals surface area contributed by atoms with E-state index in [0.29, 0.717) is 18.5 Å². The lowest BCUT2D eigenvalue weighted by Gasteiger charge is -2.23. The lowest BCUT2D eigenvalue weighted by atomic mass is 10.1. The summed E-state index contributed by atoms with van der Waals surface area (Å²) in [5.74, 6) is -0.545. The number of Topliss-reactive ketones (excluding diaryl/α,β-unsaturated/α-hetero) is 1. The predicted octanol–water partition coefficient (Wildman–Crippen LogP) is 2.36. The van der Waals surface area contributed by atoms with Gasteiger partial charge in [-0.15, -0.1) is 0 Å². The zero-order valence-corrected chi connectivity index (χ0v) is 19.4. The molecule has 2 saturated heterocycles. The molecule has 2 fully saturated rings. The number of benzene rings is 1. The lowest BCUT2D eigenvalue weighted by Crippen LogP contribution is -2.35. The summed E-state index contributed by atoms with van der Waals surface area (Å²) in [6, 6.07) is 8.98. The van der Waals surface area contributed by atoms with Crippen LogP contribution in [0.2, 0.25) is 0 Å². The third kappa shape index (κ3) is 5.18. The number of carbonyl (C=O) groups excluding carboxylic acids is 2. The van der Waals surface area contributed by atoms with Crippen molar-refractivity contribution in [3.05, 3.63) is 48.4 Å². The molecular weight excluding hydrogens is 467 g/mol. The molecule has 0 unspecified atom stereocenters. The second-order valence-electron chi connectivity index (χ2n) is 8.01. The number of amides is 1. The minimum Gasteiger partial charge on any atom is -0.444 e. The fourth-order valence-electron chi connectivity index (χ4n) is 3.83. The summed E-state index contributed by atoms with van der Waals surface area (Å²) >= 11 is 0. The Bertz CT molecular complexity index is 1160. The Morgan fingerprint density at radius 1 is 1.21 bits per heavy atom. The number of aromatic nitrogens is 1. The van der Waals surface area contributed by atoms with Gasteiger partial charge in [0.25, 0.3) is 10.0 Å². The van der Waals surface area contributed by atoms with Gasteiger partial charge >= 0.3 is 6.09 Å². The fraction of sp³-hybridized carbons (Fsp3) is 0.409. The highest BCUT2D eigenvalue weighted by atomic mass is 32.2. The maximum absolute atomic E-state index is 15.0. The zero-order valence-electron chi connectivity index (χ0n) is 18.6. The van der Waals surface area contributed by atoms with Crippen molar-refractivity contribution in [3.63, 3.8) is 0 Å². The molecule has 34 heavy (non-hydrogen) atoms. The van der Waals surface area contributed by atoms with Gasteiger partial charge in [-0.25, -0.2) is 22.6 Å². The van der Waals surface area contributed by atoms with Crippen molar-refractivity contribution in [2.24, 2.45) is 0 Å². The number of ketones is 1. The summed E-state index contributed by atoms with van der Waals surface area (Å²) < 4.78 is 46.7. The van der Waals surface area contributed by atoms with Crippen molar-refractivity contribution in [2.75, 3.05) is 42.6 Å². The third-order valence-electron chi connectivity index (χ3n) is 5.60. The van der Waals surface area contributed by atoms with Crippen LogP contribution in [0, 0.1) is 5.82 Å². The number of carbonyl (C=O) groups is 2. The Balaban J connectivity index is 1.43. The van der Waals surface area contributed by atoms with Gasteiger partial charge in [0.15, 0.2) is 5.03 Å². The van der Waals surface area contributed by atoms with Gasteiger partial charge in [0.05, 0.1) is 31.1 Å². The second kappa shape index (κ2) is 10.0. The number of halogens is 1. The van der Waals surface area contributed by atoms with E-state index in [0.717, 1.165) is 4.47 Å². The number of rotatable bonds is 7. The molecule has 1 aromatic heterocycles. The SMILES string of the molecule is CC(=O)CC[C@H]1CN(c2ccc(N3CCON(S(=O)(=O)c4ccccn4)CC3)c(F)c2)C(=O)O1. The molecule has 0 aliphatic carbocycles. The molecule has 10 nitrogen and oxygen atoms in total. The molecule has 0 saturated carbocycles. The maximum Gasteiger partial charge on any atom is 0.414 e. The van der Waals surface area contributed by atoms with Crippen molar-refractivity contribution < 1.29 is 32.0 Å². The van der Waals surface area contributed by atoms with Crippen LogP contribution in [0.1, 0.15) is 19.8 Å². The van der Waals surface area contributed by atoms with E-state index in [2.05, 4.69) is 4.98 Å². The molecule has 0 spiro atoms. The van der Waals surface area contributed by atoms with Crippen molar-refractivity contribution in [1.29, 1.82) is 0 Å². The Labute approximate surface area is 196 Å². The number of nitrogens with zero attached hydrogens (tertiary/aromatic N) is 4. The van der Waals surface area contributed by atoms with Crippen molar-refractivity contribution in [2.45, 2.75) is 30.9 Å². The van der Waals surface area contributed by atoms with E-state index >= 15 is 4.39 Å². The van der Waals surface area contributed by atoms with Gasteiger partial charge in [0.2, 0.25) is 0 Å². The summed E-state index contributed by atoms with van der Waals surface area (Å²) in [5.41, 5.74) is 0.618. The van der Waals surface area contributed by atoms with E-state index in [4.69, 9.17) is 9.57 Å². The Morgan fingerprint density at radius 2 is 2.03 bits per heavy atom. The first-order valence-corrected chi connectivity index (χ1v) is 12.3. The topological polar surface area (TPSA) is 109 Å².